The first-order valence-electron chi connectivity index (χ1n) is 8.37. The van der Waals surface area contributed by atoms with Gasteiger partial charge in [-0.2, -0.15) is 0 Å². The minimum Gasteiger partial charge on any atom is -0.486 e. The molecule has 2 rings (SSSR count). The smallest absolute Gasteiger partial charge is 0.306 e. The van der Waals surface area contributed by atoms with E-state index in [1.54, 1.807) is 0 Å². The third-order valence-electron chi connectivity index (χ3n) is 4.05. The van der Waals surface area contributed by atoms with Crippen LogP contribution in [0.25, 0.3) is 0 Å². The lowest BCUT2D eigenvalue weighted by molar-refractivity contribution is -0.141. The third kappa shape index (κ3) is 6.26. The Labute approximate surface area is 147 Å². The third-order valence-corrected chi connectivity index (χ3v) is 4.05. The number of rotatable bonds is 9. The van der Waals surface area contributed by atoms with Crippen molar-refractivity contribution in [1.82, 2.24) is 4.90 Å². The van der Waals surface area contributed by atoms with Crippen LogP contribution in [0.15, 0.2) is 24.3 Å². The molecule has 1 aliphatic rings. The second kappa shape index (κ2) is 9.88. The van der Waals surface area contributed by atoms with Crippen LogP contribution in [0.3, 0.4) is 0 Å². The number of carbonyl (C=O) groups excluding carboxylic acids is 2. The van der Waals surface area contributed by atoms with Gasteiger partial charge in [0.15, 0.2) is 11.5 Å². The molecule has 1 atom stereocenters. The van der Waals surface area contributed by atoms with Crippen molar-refractivity contribution >= 4 is 11.9 Å². The predicted molar refractivity (Wildman–Crippen MR) is 90.7 cm³/mol. The summed E-state index contributed by atoms with van der Waals surface area (Å²) >= 11 is 0. The van der Waals surface area contributed by atoms with Crippen molar-refractivity contribution in [2.24, 2.45) is 0 Å². The van der Waals surface area contributed by atoms with Gasteiger partial charge in [0.2, 0.25) is 0 Å². The Morgan fingerprint density at radius 3 is 2.24 bits per heavy atom. The van der Waals surface area contributed by atoms with Crippen LogP contribution in [0.5, 0.6) is 11.5 Å². The number of fused-ring (bicyclic) bond motifs is 1. The van der Waals surface area contributed by atoms with Crippen molar-refractivity contribution in [2.45, 2.75) is 25.4 Å². The van der Waals surface area contributed by atoms with Gasteiger partial charge >= 0.3 is 11.9 Å². The summed E-state index contributed by atoms with van der Waals surface area (Å²) in [7, 11) is 2.73. The van der Waals surface area contributed by atoms with Crippen molar-refractivity contribution in [3.05, 3.63) is 24.3 Å². The van der Waals surface area contributed by atoms with E-state index in [2.05, 4.69) is 9.47 Å². The van der Waals surface area contributed by atoms with Crippen molar-refractivity contribution in [1.29, 1.82) is 0 Å². The van der Waals surface area contributed by atoms with Gasteiger partial charge in [0.05, 0.1) is 27.1 Å². The van der Waals surface area contributed by atoms with Crippen molar-refractivity contribution in [3.8, 4) is 11.5 Å². The van der Waals surface area contributed by atoms with Crippen LogP contribution < -0.4 is 9.47 Å². The molecule has 0 amide bonds. The molecule has 0 radical (unpaired) electrons. The standard InChI is InChI=1S/C18H25NO6/c1-22-17(20)8-11-19(12-9-18(21)23-2)10-7-14-13-24-15-5-3-4-6-16(15)25-14/h3-6,14H,7-13H2,1-2H3. The van der Waals surface area contributed by atoms with Gasteiger partial charge in [-0.25, -0.2) is 0 Å². The SMILES string of the molecule is COC(=O)CCN(CCC(=O)OC)CCC1COc2ccccc2O1. The topological polar surface area (TPSA) is 74.3 Å². The summed E-state index contributed by atoms with van der Waals surface area (Å²) < 4.78 is 21.0. The number of ether oxygens (including phenoxy) is 4. The molecular weight excluding hydrogens is 326 g/mol. The summed E-state index contributed by atoms with van der Waals surface area (Å²) in [6.07, 6.45) is 1.23. The van der Waals surface area contributed by atoms with Gasteiger partial charge in [-0.15, -0.1) is 0 Å². The average molecular weight is 351 g/mol. The molecule has 25 heavy (non-hydrogen) atoms. The van der Waals surface area contributed by atoms with E-state index in [1.165, 1.54) is 14.2 Å². The fraction of sp³-hybridized carbons (Fsp3) is 0.556. The van der Waals surface area contributed by atoms with Crippen LogP contribution in [-0.2, 0) is 19.1 Å². The van der Waals surface area contributed by atoms with E-state index in [0.29, 0.717) is 26.2 Å². The normalized spacial score (nSPS) is 15.7. The fourth-order valence-electron chi connectivity index (χ4n) is 2.57. The summed E-state index contributed by atoms with van der Waals surface area (Å²) in [5.41, 5.74) is 0. The largest absolute Gasteiger partial charge is 0.486 e. The fourth-order valence-corrected chi connectivity index (χ4v) is 2.57. The van der Waals surface area contributed by atoms with E-state index in [4.69, 9.17) is 9.47 Å². The van der Waals surface area contributed by atoms with Crippen molar-refractivity contribution in [2.75, 3.05) is 40.5 Å². The average Bonchev–Trinajstić information content (AvgIpc) is 2.66. The van der Waals surface area contributed by atoms with Gasteiger partial charge in [-0.1, -0.05) is 12.1 Å². The molecule has 7 nitrogen and oxygen atoms in total. The van der Waals surface area contributed by atoms with E-state index < -0.39 is 0 Å². The van der Waals surface area contributed by atoms with Crippen LogP contribution in [0, 0.1) is 0 Å². The minimum absolute atomic E-state index is 0.0614. The Morgan fingerprint density at radius 1 is 1.04 bits per heavy atom. The molecule has 0 saturated heterocycles. The lowest BCUT2D eigenvalue weighted by Crippen LogP contribution is -2.36. The maximum atomic E-state index is 11.4. The zero-order valence-electron chi connectivity index (χ0n) is 14.7. The van der Waals surface area contributed by atoms with Crippen LogP contribution in [-0.4, -0.2) is 63.4 Å². The summed E-state index contributed by atoms with van der Waals surface area (Å²) in [4.78, 5) is 24.8. The van der Waals surface area contributed by atoms with Crippen LogP contribution in [0.1, 0.15) is 19.3 Å². The zero-order valence-corrected chi connectivity index (χ0v) is 14.7. The second-order valence-corrected chi connectivity index (χ2v) is 5.78. The maximum absolute atomic E-state index is 11.4. The number of hydrogen-bond donors (Lipinski definition) is 0. The number of carbonyl (C=O) groups is 2. The molecule has 0 fully saturated rings. The lowest BCUT2D eigenvalue weighted by atomic mass is 10.2. The minimum atomic E-state index is -0.269. The molecule has 1 aromatic carbocycles. The van der Waals surface area contributed by atoms with Crippen molar-refractivity contribution in [3.63, 3.8) is 0 Å². The maximum Gasteiger partial charge on any atom is 0.306 e. The molecular formula is C18H25NO6. The highest BCUT2D eigenvalue weighted by Crippen LogP contribution is 2.31. The summed E-state index contributed by atoms with van der Waals surface area (Å²) in [6, 6.07) is 7.58. The van der Waals surface area contributed by atoms with Gasteiger partial charge in [0, 0.05) is 26.1 Å². The molecule has 0 spiro atoms. The van der Waals surface area contributed by atoms with Crippen LogP contribution in [0.2, 0.25) is 0 Å². The first-order valence-corrected chi connectivity index (χ1v) is 8.37. The molecule has 0 saturated carbocycles. The second-order valence-electron chi connectivity index (χ2n) is 5.78. The Bertz CT molecular complexity index is 556. The van der Waals surface area contributed by atoms with E-state index in [9.17, 15) is 9.59 Å². The lowest BCUT2D eigenvalue weighted by Gasteiger charge is -2.29. The number of hydrogen-bond acceptors (Lipinski definition) is 7. The molecule has 1 unspecified atom stereocenters. The first-order chi connectivity index (χ1) is 12.1. The molecule has 0 N–H and O–H groups in total. The number of esters is 2. The zero-order chi connectivity index (χ0) is 18.1. The summed E-state index contributed by atoms with van der Waals surface area (Å²) in [5.74, 6) is 0.963. The van der Waals surface area contributed by atoms with Gasteiger partial charge in [-0.3, -0.25) is 9.59 Å². The van der Waals surface area contributed by atoms with Gasteiger partial charge in [0.25, 0.3) is 0 Å². The number of nitrogens with zero attached hydrogens (tertiary/aromatic N) is 1. The Kier molecular flexibility index (Phi) is 7.53. The van der Waals surface area contributed by atoms with E-state index in [-0.39, 0.29) is 30.9 Å². The molecule has 1 aromatic rings. The number of methoxy groups -OCH3 is 2. The molecule has 0 aliphatic carbocycles. The van der Waals surface area contributed by atoms with Gasteiger partial charge in [-0.05, 0) is 12.1 Å². The van der Waals surface area contributed by atoms with Gasteiger partial charge < -0.3 is 23.8 Å². The highest BCUT2D eigenvalue weighted by molar-refractivity contribution is 5.70. The Hall–Kier alpha value is -2.28. The Balaban J connectivity index is 1.83. The monoisotopic (exact) mass is 351 g/mol. The highest BCUT2D eigenvalue weighted by Gasteiger charge is 2.21. The van der Waals surface area contributed by atoms with E-state index in [1.807, 2.05) is 29.2 Å². The Morgan fingerprint density at radius 2 is 1.64 bits per heavy atom. The quantitative estimate of drug-likeness (QED) is 0.626. The van der Waals surface area contributed by atoms with Gasteiger partial charge in [0.1, 0.15) is 12.7 Å². The molecule has 1 heterocycles. The molecule has 138 valence electrons. The molecule has 7 heteroatoms. The summed E-state index contributed by atoms with van der Waals surface area (Å²) in [5, 5.41) is 0. The number of para-hydroxylation sites is 2. The molecule has 0 aromatic heterocycles. The van der Waals surface area contributed by atoms with Crippen molar-refractivity contribution < 1.29 is 28.5 Å². The van der Waals surface area contributed by atoms with Crippen LogP contribution >= 0.6 is 0 Å². The van der Waals surface area contributed by atoms with E-state index >= 15 is 0 Å². The van der Waals surface area contributed by atoms with Crippen LogP contribution in [0.4, 0.5) is 0 Å². The molecule has 0 bridgehead atoms. The van der Waals surface area contributed by atoms with E-state index in [0.717, 1.165) is 17.9 Å². The number of benzene rings is 1. The predicted octanol–water partition coefficient (Wildman–Crippen LogP) is 1.64. The highest BCUT2D eigenvalue weighted by atomic mass is 16.6. The first kappa shape index (κ1) is 19.1. The molecule has 1 aliphatic heterocycles. The summed E-state index contributed by atoms with van der Waals surface area (Å²) in [6.45, 7) is 2.21.